The molecule has 0 fully saturated rings. The Bertz CT molecular complexity index is 946. The van der Waals surface area contributed by atoms with Crippen LogP contribution >= 0.6 is 12.2 Å². The zero-order valence-electron chi connectivity index (χ0n) is 13.2. The van der Waals surface area contributed by atoms with Crippen molar-refractivity contribution in [3.63, 3.8) is 0 Å². The topological polar surface area (TPSA) is 41.1 Å². The van der Waals surface area contributed by atoms with Crippen LogP contribution in [0.4, 0.5) is 10.1 Å². The third-order valence-electron chi connectivity index (χ3n) is 3.57. The molecule has 0 unspecified atom stereocenters. The Balaban J connectivity index is 1.63. The molecule has 0 radical (unpaired) electrons. The second-order valence-corrected chi connectivity index (χ2v) is 5.76. The Morgan fingerprint density at radius 3 is 2.48 bits per heavy atom. The highest BCUT2D eigenvalue weighted by Gasteiger charge is 2.04. The summed E-state index contributed by atoms with van der Waals surface area (Å²) < 4.78 is 12.8. The maximum Gasteiger partial charge on any atom is 0.250 e. The first-order valence-electron chi connectivity index (χ1n) is 7.65. The summed E-state index contributed by atoms with van der Waals surface area (Å²) in [5.41, 5.74) is 1.55. The molecule has 3 aromatic carbocycles. The van der Waals surface area contributed by atoms with E-state index in [0.717, 1.165) is 22.0 Å². The van der Waals surface area contributed by atoms with Gasteiger partial charge in [-0.2, -0.15) is 0 Å². The van der Waals surface area contributed by atoms with Gasteiger partial charge in [0.1, 0.15) is 5.82 Å². The lowest BCUT2D eigenvalue weighted by molar-refractivity contribution is -0.115. The SMILES string of the molecule is O=C(/C=C/c1ccc(F)cc1)NC(=S)Nc1cccc2ccccc12. The summed E-state index contributed by atoms with van der Waals surface area (Å²) in [7, 11) is 0. The van der Waals surface area contributed by atoms with Gasteiger partial charge in [-0.05, 0) is 47.4 Å². The molecule has 3 nitrogen and oxygen atoms in total. The predicted octanol–water partition coefficient (Wildman–Crippen LogP) is 4.51. The number of rotatable bonds is 3. The summed E-state index contributed by atoms with van der Waals surface area (Å²) in [5.74, 6) is -0.677. The molecule has 0 atom stereocenters. The van der Waals surface area contributed by atoms with E-state index < -0.39 is 0 Å². The first kappa shape index (κ1) is 16.8. The van der Waals surface area contributed by atoms with E-state index in [1.807, 2.05) is 42.5 Å². The molecule has 0 bridgehead atoms. The maximum atomic E-state index is 12.8. The fourth-order valence-corrected chi connectivity index (χ4v) is 2.60. The number of hydrogen-bond donors (Lipinski definition) is 2. The number of nitrogens with one attached hydrogen (secondary N) is 2. The quantitative estimate of drug-likeness (QED) is 0.540. The minimum Gasteiger partial charge on any atom is -0.332 e. The van der Waals surface area contributed by atoms with Gasteiger partial charge in [-0.25, -0.2) is 4.39 Å². The predicted molar refractivity (Wildman–Crippen MR) is 104 cm³/mol. The third kappa shape index (κ3) is 4.49. The van der Waals surface area contributed by atoms with Crippen molar-refractivity contribution < 1.29 is 9.18 Å². The van der Waals surface area contributed by atoms with Gasteiger partial charge in [0.05, 0.1) is 0 Å². The van der Waals surface area contributed by atoms with Crippen molar-refractivity contribution in [1.82, 2.24) is 5.32 Å². The zero-order chi connectivity index (χ0) is 17.6. The summed E-state index contributed by atoms with van der Waals surface area (Å²) in [6.45, 7) is 0. The van der Waals surface area contributed by atoms with Crippen molar-refractivity contribution in [1.29, 1.82) is 0 Å². The largest absolute Gasteiger partial charge is 0.332 e. The maximum absolute atomic E-state index is 12.8. The summed E-state index contributed by atoms with van der Waals surface area (Å²) in [5, 5.41) is 7.94. The molecule has 3 aromatic rings. The second kappa shape index (κ2) is 7.68. The highest BCUT2D eigenvalue weighted by atomic mass is 32.1. The van der Waals surface area contributed by atoms with Gasteiger partial charge in [0, 0.05) is 17.1 Å². The number of thiocarbonyl (C=S) groups is 1. The smallest absolute Gasteiger partial charge is 0.250 e. The molecular weight excluding hydrogens is 335 g/mol. The number of halogens is 1. The molecule has 3 rings (SSSR count). The molecule has 0 heterocycles. The molecule has 0 spiro atoms. The van der Waals surface area contributed by atoms with Crippen molar-refractivity contribution >= 4 is 45.8 Å². The first-order valence-corrected chi connectivity index (χ1v) is 8.06. The van der Waals surface area contributed by atoms with Crippen LogP contribution < -0.4 is 10.6 Å². The number of hydrogen-bond acceptors (Lipinski definition) is 2. The van der Waals surface area contributed by atoms with Gasteiger partial charge in [-0.1, -0.05) is 48.5 Å². The van der Waals surface area contributed by atoms with Crippen molar-refractivity contribution in [3.8, 4) is 0 Å². The van der Waals surface area contributed by atoms with Gasteiger partial charge in [0.15, 0.2) is 5.11 Å². The van der Waals surface area contributed by atoms with Crippen LogP contribution in [0.1, 0.15) is 5.56 Å². The minimum absolute atomic E-state index is 0.213. The summed E-state index contributed by atoms with van der Waals surface area (Å²) >= 11 is 5.20. The standard InChI is InChI=1S/C20H15FN2OS/c21-16-11-8-14(9-12-16)10-13-19(24)23-20(25)22-18-7-3-5-15-4-1-2-6-17(15)18/h1-13H,(H2,22,23,24,25)/b13-10+. The van der Waals surface area contributed by atoms with E-state index in [4.69, 9.17) is 12.2 Å². The summed E-state index contributed by atoms with van der Waals surface area (Å²) in [6.07, 6.45) is 2.94. The van der Waals surface area contributed by atoms with Gasteiger partial charge >= 0.3 is 0 Å². The number of benzene rings is 3. The van der Waals surface area contributed by atoms with Crippen LogP contribution in [0.2, 0.25) is 0 Å². The molecule has 0 aromatic heterocycles. The van der Waals surface area contributed by atoms with Crippen molar-refractivity contribution in [2.45, 2.75) is 0 Å². The van der Waals surface area contributed by atoms with E-state index in [1.54, 1.807) is 18.2 Å². The van der Waals surface area contributed by atoms with Crippen molar-refractivity contribution in [3.05, 3.63) is 84.2 Å². The lowest BCUT2D eigenvalue weighted by Gasteiger charge is -2.10. The Morgan fingerprint density at radius 1 is 0.960 bits per heavy atom. The third-order valence-corrected chi connectivity index (χ3v) is 3.78. The normalized spacial score (nSPS) is 10.8. The zero-order valence-corrected chi connectivity index (χ0v) is 14.0. The number of fused-ring (bicyclic) bond motifs is 1. The Kier molecular flexibility index (Phi) is 5.16. The van der Waals surface area contributed by atoms with Crippen LogP contribution in [-0.4, -0.2) is 11.0 Å². The molecule has 0 aliphatic carbocycles. The number of carbonyl (C=O) groups excluding carboxylic acids is 1. The van der Waals surface area contributed by atoms with Crippen LogP contribution in [0.15, 0.2) is 72.8 Å². The second-order valence-electron chi connectivity index (χ2n) is 5.35. The van der Waals surface area contributed by atoms with Crippen LogP contribution in [0, 0.1) is 5.82 Å². The highest BCUT2D eigenvalue weighted by Crippen LogP contribution is 2.22. The average Bonchev–Trinajstić information content (AvgIpc) is 2.61. The average molecular weight is 350 g/mol. The first-order chi connectivity index (χ1) is 12.1. The fourth-order valence-electron chi connectivity index (χ4n) is 2.39. The molecule has 2 N–H and O–H groups in total. The number of anilines is 1. The molecular formula is C20H15FN2OS. The van der Waals surface area contributed by atoms with Gasteiger partial charge in [0.25, 0.3) is 0 Å². The highest BCUT2D eigenvalue weighted by molar-refractivity contribution is 7.80. The van der Waals surface area contributed by atoms with Crippen LogP contribution in [-0.2, 0) is 4.79 Å². The molecule has 124 valence electrons. The van der Waals surface area contributed by atoms with Crippen molar-refractivity contribution in [2.24, 2.45) is 0 Å². The van der Waals surface area contributed by atoms with Gasteiger partial charge < -0.3 is 5.32 Å². The Morgan fingerprint density at radius 2 is 1.68 bits per heavy atom. The van der Waals surface area contributed by atoms with E-state index in [9.17, 15) is 9.18 Å². The molecule has 0 saturated carbocycles. The molecule has 0 saturated heterocycles. The van der Waals surface area contributed by atoms with E-state index >= 15 is 0 Å². The van der Waals surface area contributed by atoms with Gasteiger partial charge in [0.2, 0.25) is 5.91 Å². The Labute approximate surface area is 150 Å². The number of amides is 1. The number of carbonyl (C=O) groups is 1. The Hall–Kier alpha value is -3.05. The van der Waals surface area contributed by atoms with E-state index in [-0.39, 0.29) is 16.8 Å². The van der Waals surface area contributed by atoms with Crippen molar-refractivity contribution in [2.75, 3.05) is 5.32 Å². The van der Waals surface area contributed by atoms with Gasteiger partial charge in [-0.3, -0.25) is 10.1 Å². The fraction of sp³-hybridized carbons (Fsp3) is 0. The molecule has 5 heteroatoms. The minimum atomic E-state index is -0.359. The van der Waals surface area contributed by atoms with Crippen LogP contribution in [0.25, 0.3) is 16.8 Å². The van der Waals surface area contributed by atoms with E-state index in [1.165, 1.54) is 18.2 Å². The monoisotopic (exact) mass is 350 g/mol. The van der Waals surface area contributed by atoms with E-state index in [2.05, 4.69) is 10.6 Å². The lowest BCUT2D eigenvalue weighted by Crippen LogP contribution is -2.32. The summed E-state index contributed by atoms with van der Waals surface area (Å²) in [4.78, 5) is 11.9. The van der Waals surface area contributed by atoms with Gasteiger partial charge in [-0.15, -0.1) is 0 Å². The lowest BCUT2D eigenvalue weighted by atomic mass is 10.1. The molecule has 0 aliphatic rings. The van der Waals surface area contributed by atoms with Crippen LogP contribution in [0.5, 0.6) is 0 Å². The van der Waals surface area contributed by atoms with Crippen LogP contribution in [0.3, 0.4) is 0 Å². The molecule has 0 aliphatic heterocycles. The van der Waals surface area contributed by atoms with E-state index in [0.29, 0.717) is 0 Å². The summed E-state index contributed by atoms with van der Waals surface area (Å²) in [6, 6.07) is 19.6. The molecule has 1 amide bonds. The molecule has 25 heavy (non-hydrogen) atoms.